The quantitative estimate of drug-likeness (QED) is 0.155. The standard InChI is InChI=1S/C38H39Cl2N7O3/c1-22(48)47-20-27(21-47)43-17-25-19-46(2)33-15-23(7-10-28(25)33)37-36(40)30(13-14-42-37)29-5-4-6-31(35(29)39)32-11-8-24(38(45-32)50-3)16-41-18-26-9-12-34(49)44-26/h4-8,10-11,13-15,19,26-27,41,43H,9,12,16-18,20-21H2,1-3H3,(H,44,49). The van der Waals surface area contributed by atoms with Gasteiger partial charge in [0.15, 0.2) is 0 Å². The van der Waals surface area contributed by atoms with Crippen molar-refractivity contribution in [2.45, 2.75) is 44.9 Å². The molecule has 0 aliphatic carbocycles. The summed E-state index contributed by atoms with van der Waals surface area (Å²) in [7, 11) is 3.64. The number of benzene rings is 2. The van der Waals surface area contributed by atoms with Crippen molar-refractivity contribution in [3.63, 3.8) is 0 Å². The highest BCUT2D eigenvalue weighted by Gasteiger charge is 2.28. The first-order valence-corrected chi connectivity index (χ1v) is 17.5. The molecule has 50 heavy (non-hydrogen) atoms. The van der Waals surface area contributed by atoms with Crippen molar-refractivity contribution in [2.75, 3.05) is 26.7 Å². The van der Waals surface area contributed by atoms with E-state index in [0.29, 0.717) is 52.9 Å². The summed E-state index contributed by atoms with van der Waals surface area (Å²) in [6.45, 7) is 5.06. The van der Waals surface area contributed by atoms with E-state index in [4.69, 9.17) is 32.9 Å². The molecule has 5 heterocycles. The predicted molar refractivity (Wildman–Crippen MR) is 197 cm³/mol. The Morgan fingerprint density at radius 1 is 1.02 bits per heavy atom. The third-order valence-corrected chi connectivity index (χ3v) is 10.4. The van der Waals surface area contributed by atoms with Crippen LogP contribution in [0.25, 0.3) is 44.5 Å². The Morgan fingerprint density at radius 3 is 2.58 bits per heavy atom. The molecule has 0 saturated carbocycles. The fraction of sp³-hybridized carbons (Fsp3) is 0.316. The zero-order valence-electron chi connectivity index (χ0n) is 28.2. The lowest BCUT2D eigenvalue weighted by Gasteiger charge is -2.39. The van der Waals surface area contributed by atoms with Crippen molar-refractivity contribution in [1.82, 2.24) is 35.4 Å². The van der Waals surface area contributed by atoms with Crippen LogP contribution in [0.5, 0.6) is 5.88 Å². The first-order valence-electron chi connectivity index (χ1n) is 16.7. The zero-order valence-corrected chi connectivity index (χ0v) is 29.7. The second kappa shape index (κ2) is 14.4. The van der Waals surface area contributed by atoms with E-state index in [1.807, 2.05) is 48.3 Å². The summed E-state index contributed by atoms with van der Waals surface area (Å²) in [5.74, 6) is 0.728. The molecule has 1 unspecified atom stereocenters. The van der Waals surface area contributed by atoms with Gasteiger partial charge in [-0.3, -0.25) is 14.6 Å². The summed E-state index contributed by atoms with van der Waals surface area (Å²) < 4.78 is 7.78. The van der Waals surface area contributed by atoms with Gasteiger partial charge in [0.05, 0.1) is 28.5 Å². The average molecular weight is 713 g/mol. The molecule has 2 amide bonds. The Hall–Kier alpha value is -4.48. The van der Waals surface area contributed by atoms with Crippen LogP contribution in [0.15, 0.2) is 67.0 Å². The van der Waals surface area contributed by atoms with E-state index < -0.39 is 0 Å². The Balaban J connectivity index is 1.11. The summed E-state index contributed by atoms with van der Waals surface area (Å²) in [6.07, 6.45) is 5.31. The molecule has 1 atom stereocenters. The molecule has 5 aromatic rings. The molecule has 12 heteroatoms. The van der Waals surface area contributed by atoms with Gasteiger partial charge in [-0.2, -0.15) is 0 Å². The lowest BCUT2D eigenvalue weighted by Crippen LogP contribution is -2.59. The van der Waals surface area contributed by atoms with E-state index in [9.17, 15) is 9.59 Å². The van der Waals surface area contributed by atoms with Crippen LogP contribution < -0.4 is 20.7 Å². The van der Waals surface area contributed by atoms with Crippen LogP contribution >= 0.6 is 23.2 Å². The predicted octanol–water partition coefficient (Wildman–Crippen LogP) is 5.97. The number of halogens is 2. The van der Waals surface area contributed by atoms with Crippen LogP contribution in [0, 0.1) is 0 Å². The van der Waals surface area contributed by atoms with Gasteiger partial charge in [0.2, 0.25) is 17.7 Å². The number of carbonyl (C=O) groups excluding carboxylic acids is 2. The number of ether oxygens (including phenoxy) is 1. The highest BCUT2D eigenvalue weighted by Crippen LogP contribution is 2.42. The number of aromatic nitrogens is 3. The molecule has 2 fully saturated rings. The first-order chi connectivity index (χ1) is 24.2. The van der Waals surface area contributed by atoms with Gasteiger partial charge in [-0.05, 0) is 30.2 Å². The molecule has 10 nitrogen and oxygen atoms in total. The van der Waals surface area contributed by atoms with Gasteiger partial charge >= 0.3 is 0 Å². The number of hydrogen-bond donors (Lipinski definition) is 3. The maximum Gasteiger partial charge on any atom is 0.220 e. The summed E-state index contributed by atoms with van der Waals surface area (Å²) in [5, 5.41) is 12.1. The van der Waals surface area contributed by atoms with Gasteiger partial charge in [-0.1, -0.05) is 59.6 Å². The molecule has 2 aliphatic rings. The highest BCUT2D eigenvalue weighted by atomic mass is 35.5. The molecule has 0 radical (unpaired) electrons. The summed E-state index contributed by atoms with van der Waals surface area (Å²) in [6, 6.07) is 18.4. The third kappa shape index (κ3) is 6.81. The number of rotatable bonds is 11. The minimum absolute atomic E-state index is 0.102. The zero-order chi connectivity index (χ0) is 34.9. The fourth-order valence-electron chi connectivity index (χ4n) is 6.81. The van der Waals surface area contributed by atoms with Crippen LogP contribution in [0.4, 0.5) is 0 Å². The van der Waals surface area contributed by atoms with Crippen LogP contribution in [0.2, 0.25) is 10.0 Å². The Bertz CT molecular complexity index is 2090. The molecular weight excluding hydrogens is 673 g/mol. The smallest absolute Gasteiger partial charge is 0.220 e. The second-order valence-electron chi connectivity index (χ2n) is 13.0. The second-order valence-corrected chi connectivity index (χ2v) is 13.7. The number of fused-ring (bicyclic) bond motifs is 1. The van der Waals surface area contributed by atoms with E-state index in [2.05, 4.69) is 49.9 Å². The number of carbonyl (C=O) groups is 2. The maximum atomic E-state index is 11.5. The molecule has 0 bridgehead atoms. The van der Waals surface area contributed by atoms with Gasteiger partial charge in [0.25, 0.3) is 0 Å². The Labute approximate surface area is 301 Å². The average Bonchev–Trinajstić information content (AvgIpc) is 3.65. The summed E-state index contributed by atoms with van der Waals surface area (Å²) >= 11 is 14.2. The molecular formula is C38H39Cl2N7O3. The normalized spacial score (nSPS) is 16.1. The Kier molecular flexibility index (Phi) is 9.79. The fourth-order valence-corrected chi connectivity index (χ4v) is 7.46. The van der Waals surface area contributed by atoms with E-state index in [0.717, 1.165) is 64.8 Å². The number of methoxy groups -OCH3 is 1. The summed E-state index contributed by atoms with van der Waals surface area (Å²) in [5.41, 5.74) is 7.73. The molecule has 0 spiro atoms. The van der Waals surface area contributed by atoms with E-state index in [1.165, 1.54) is 5.56 Å². The largest absolute Gasteiger partial charge is 0.481 e. The number of hydrogen-bond acceptors (Lipinski definition) is 7. The van der Waals surface area contributed by atoms with Gasteiger partial charge in [0, 0.05) is 116 Å². The summed E-state index contributed by atoms with van der Waals surface area (Å²) in [4.78, 5) is 34.4. The number of nitrogens with one attached hydrogen (secondary N) is 3. The van der Waals surface area contributed by atoms with Crippen LogP contribution in [-0.4, -0.2) is 70.1 Å². The van der Waals surface area contributed by atoms with Crippen LogP contribution in [0.3, 0.4) is 0 Å². The lowest BCUT2D eigenvalue weighted by molar-refractivity contribution is -0.133. The van der Waals surface area contributed by atoms with Gasteiger partial charge < -0.3 is 30.2 Å². The number of aryl methyl sites for hydroxylation is 1. The van der Waals surface area contributed by atoms with Crippen LogP contribution in [-0.2, 0) is 29.7 Å². The van der Waals surface area contributed by atoms with Crippen molar-refractivity contribution in [3.05, 3.63) is 88.2 Å². The minimum Gasteiger partial charge on any atom is -0.481 e. The lowest BCUT2D eigenvalue weighted by atomic mass is 9.99. The first kappa shape index (κ1) is 34.0. The van der Waals surface area contributed by atoms with Gasteiger partial charge in [-0.25, -0.2) is 4.98 Å². The number of nitrogens with zero attached hydrogens (tertiary/aromatic N) is 4. The molecule has 2 aromatic carbocycles. The number of amides is 2. The molecule has 3 aromatic heterocycles. The van der Waals surface area contributed by atoms with Crippen molar-refractivity contribution in [1.29, 1.82) is 0 Å². The van der Waals surface area contributed by atoms with Crippen molar-refractivity contribution >= 4 is 45.9 Å². The van der Waals surface area contributed by atoms with Crippen molar-refractivity contribution in [2.24, 2.45) is 7.05 Å². The number of likely N-dealkylation sites (tertiary alicyclic amines) is 1. The minimum atomic E-state index is 0.102. The number of pyridine rings is 2. The topological polar surface area (TPSA) is 113 Å². The van der Waals surface area contributed by atoms with Crippen LogP contribution in [0.1, 0.15) is 30.9 Å². The van der Waals surface area contributed by atoms with Gasteiger partial charge in [-0.15, -0.1) is 0 Å². The maximum absolute atomic E-state index is 11.5. The molecule has 2 aliphatic heterocycles. The highest BCUT2D eigenvalue weighted by molar-refractivity contribution is 6.39. The van der Waals surface area contributed by atoms with Crippen molar-refractivity contribution in [3.8, 4) is 39.5 Å². The van der Waals surface area contributed by atoms with E-state index in [1.54, 1.807) is 20.2 Å². The monoisotopic (exact) mass is 711 g/mol. The Morgan fingerprint density at radius 2 is 1.82 bits per heavy atom. The molecule has 2 saturated heterocycles. The van der Waals surface area contributed by atoms with E-state index >= 15 is 0 Å². The third-order valence-electron chi connectivity index (χ3n) is 9.63. The van der Waals surface area contributed by atoms with Gasteiger partial charge in [0.1, 0.15) is 0 Å². The van der Waals surface area contributed by atoms with E-state index in [-0.39, 0.29) is 17.9 Å². The molecule has 3 N–H and O–H groups in total. The van der Waals surface area contributed by atoms with Crippen molar-refractivity contribution < 1.29 is 14.3 Å². The SMILES string of the molecule is COc1nc(-c2cccc(-c3ccnc(-c4ccc5c(CNC6CN(C(C)=O)C6)cn(C)c5c4)c3Cl)c2Cl)ccc1CNCC1CCC(=O)N1. The molecule has 258 valence electrons. The molecule has 7 rings (SSSR count).